The van der Waals surface area contributed by atoms with Crippen LogP contribution in [-0.2, 0) is 4.79 Å². The molecule has 0 heterocycles. The summed E-state index contributed by atoms with van der Waals surface area (Å²) in [5, 5.41) is 18.8. The van der Waals surface area contributed by atoms with E-state index in [0.717, 1.165) is 12.8 Å². The van der Waals surface area contributed by atoms with E-state index in [2.05, 4.69) is 13.8 Å². The number of phenols is 2. The van der Waals surface area contributed by atoms with Crippen LogP contribution in [0.2, 0.25) is 0 Å². The number of ether oxygens (including phenoxy) is 1. The quantitative estimate of drug-likeness (QED) is 0.110. The smallest absolute Gasteiger partial charge is 0.311 e. The Kier molecular flexibility index (Phi) is 14.9. The Morgan fingerprint density at radius 1 is 0.800 bits per heavy atom. The SMILES string of the molecule is CCCCCCCCCCCCCCC(CC)CCC(=O)Oc1ccc(O)c(O)c1. The normalized spacial score (nSPS) is 12.1. The summed E-state index contributed by atoms with van der Waals surface area (Å²) in [5.41, 5.74) is 0. The van der Waals surface area contributed by atoms with Crippen molar-refractivity contribution in [3.63, 3.8) is 0 Å². The van der Waals surface area contributed by atoms with Crippen molar-refractivity contribution in [1.29, 1.82) is 0 Å². The molecule has 0 aliphatic heterocycles. The first kappa shape index (κ1) is 26.3. The molecule has 0 radical (unpaired) electrons. The van der Waals surface area contributed by atoms with Gasteiger partial charge < -0.3 is 14.9 Å². The van der Waals surface area contributed by atoms with Crippen LogP contribution in [0.15, 0.2) is 18.2 Å². The molecule has 0 bridgehead atoms. The Morgan fingerprint density at radius 3 is 1.90 bits per heavy atom. The molecule has 0 amide bonds. The van der Waals surface area contributed by atoms with Gasteiger partial charge in [-0.25, -0.2) is 0 Å². The number of carbonyl (C=O) groups is 1. The Hall–Kier alpha value is -1.71. The lowest BCUT2D eigenvalue weighted by Crippen LogP contribution is -2.10. The van der Waals surface area contributed by atoms with Crippen molar-refractivity contribution in [1.82, 2.24) is 0 Å². The first-order valence-corrected chi connectivity index (χ1v) is 12.3. The number of unbranched alkanes of at least 4 members (excludes halogenated alkanes) is 11. The summed E-state index contributed by atoms with van der Waals surface area (Å²) < 4.78 is 5.25. The lowest BCUT2D eigenvalue weighted by atomic mass is 9.93. The van der Waals surface area contributed by atoms with Gasteiger partial charge in [-0.2, -0.15) is 0 Å². The van der Waals surface area contributed by atoms with E-state index in [-0.39, 0.29) is 23.2 Å². The number of esters is 1. The van der Waals surface area contributed by atoms with Crippen molar-refractivity contribution < 1.29 is 19.7 Å². The van der Waals surface area contributed by atoms with Gasteiger partial charge in [-0.3, -0.25) is 4.79 Å². The van der Waals surface area contributed by atoms with E-state index in [1.54, 1.807) is 0 Å². The number of hydrogen-bond donors (Lipinski definition) is 2. The maximum atomic E-state index is 12.0. The highest BCUT2D eigenvalue weighted by atomic mass is 16.5. The van der Waals surface area contributed by atoms with Gasteiger partial charge in [0.05, 0.1) is 0 Å². The van der Waals surface area contributed by atoms with E-state index in [1.807, 2.05) is 0 Å². The summed E-state index contributed by atoms with van der Waals surface area (Å²) in [7, 11) is 0. The molecule has 0 saturated heterocycles. The molecule has 1 aromatic carbocycles. The molecule has 0 aromatic heterocycles. The van der Waals surface area contributed by atoms with E-state index in [4.69, 9.17) is 4.74 Å². The van der Waals surface area contributed by atoms with Crippen LogP contribution in [0.1, 0.15) is 117 Å². The number of rotatable bonds is 18. The molecule has 1 aromatic rings. The largest absolute Gasteiger partial charge is 0.504 e. The fourth-order valence-electron chi connectivity index (χ4n) is 3.90. The molecule has 0 saturated carbocycles. The molecule has 30 heavy (non-hydrogen) atoms. The highest BCUT2D eigenvalue weighted by Crippen LogP contribution is 2.29. The second kappa shape index (κ2) is 17.0. The summed E-state index contributed by atoms with van der Waals surface area (Å²) in [6, 6.07) is 4.06. The minimum Gasteiger partial charge on any atom is -0.504 e. The van der Waals surface area contributed by atoms with Crippen LogP contribution in [-0.4, -0.2) is 16.2 Å². The molecule has 0 spiro atoms. The number of carbonyl (C=O) groups excluding carboxylic acids is 1. The maximum Gasteiger partial charge on any atom is 0.311 e. The summed E-state index contributed by atoms with van der Waals surface area (Å²) >= 11 is 0. The minimum atomic E-state index is -0.284. The number of hydrogen-bond acceptors (Lipinski definition) is 4. The first-order chi connectivity index (χ1) is 14.6. The average Bonchev–Trinajstić information content (AvgIpc) is 2.73. The first-order valence-electron chi connectivity index (χ1n) is 12.3. The molecule has 0 aliphatic rings. The lowest BCUT2D eigenvalue weighted by Gasteiger charge is -2.14. The summed E-state index contributed by atoms with van der Waals surface area (Å²) in [6.07, 6.45) is 19.9. The average molecular weight is 421 g/mol. The lowest BCUT2D eigenvalue weighted by molar-refractivity contribution is -0.134. The standard InChI is InChI=1S/C26H44O4/c1-3-5-6-7-8-9-10-11-12-13-14-15-16-22(4-2)17-20-26(29)30-23-18-19-24(27)25(28)21-23/h18-19,21-22,27-28H,3-17,20H2,1-2H3. The molecule has 1 unspecified atom stereocenters. The summed E-state index contributed by atoms with van der Waals surface area (Å²) in [6.45, 7) is 4.46. The zero-order valence-electron chi connectivity index (χ0n) is 19.3. The zero-order chi connectivity index (χ0) is 22.0. The third-order valence-electron chi connectivity index (χ3n) is 5.98. The third-order valence-corrected chi connectivity index (χ3v) is 5.98. The molecule has 1 rings (SSSR count). The number of aromatic hydroxyl groups is 2. The van der Waals surface area contributed by atoms with Gasteiger partial charge in [-0.05, 0) is 24.5 Å². The van der Waals surface area contributed by atoms with Crippen LogP contribution in [0, 0.1) is 5.92 Å². The monoisotopic (exact) mass is 420 g/mol. The van der Waals surface area contributed by atoms with Crippen molar-refractivity contribution in [3.8, 4) is 17.2 Å². The van der Waals surface area contributed by atoms with Crippen LogP contribution in [0.3, 0.4) is 0 Å². The predicted molar refractivity (Wildman–Crippen MR) is 124 cm³/mol. The van der Waals surface area contributed by atoms with Gasteiger partial charge in [0.25, 0.3) is 0 Å². The molecule has 0 aliphatic carbocycles. The van der Waals surface area contributed by atoms with Gasteiger partial charge in [0, 0.05) is 12.5 Å². The Labute approximate surface area is 184 Å². The fourth-order valence-corrected chi connectivity index (χ4v) is 3.90. The van der Waals surface area contributed by atoms with Gasteiger partial charge in [0.2, 0.25) is 0 Å². The Morgan fingerprint density at radius 2 is 1.37 bits per heavy atom. The molecule has 4 heteroatoms. The van der Waals surface area contributed by atoms with Gasteiger partial charge in [-0.15, -0.1) is 0 Å². The van der Waals surface area contributed by atoms with Crippen molar-refractivity contribution in [2.75, 3.05) is 0 Å². The van der Waals surface area contributed by atoms with Crippen molar-refractivity contribution >= 4 is 5.97 Å². The Balaban J connectivity index is 2.03. The fraction of sp³-hybridized carbons (Fsp3) is 0.731. The molecule has 1 atom stereocenters. The summed E-state index contributed by atoms with van der Waals surface area (Å²) in [5.74, 6) is 0.0494. The Bertz CT molecular complexity index is 570. The van der Waals surface area contributed by atoms with Gasteiger partial charge in [0.1, 0.15) is 5.75 Å². The molecular weight excluding hydrogens is 376 g/mol. The van der Waals surface area contributed by atoms with E-state index in [1.165, 1.54) is 102 Å². The second-order valence-corrected chi connectivity index (χ2v) is 8.62. The molecule has 0 fully saturated rings. The van der Waals surface area contributed by atoms with Crippen molar-refractivity contribution in [2.24, 2.45) is 5.92 Å². The maximum absolute atomic E-state index is 12.0. The second-order valence-electron chi connectivity index (χ2n) is 8.62. The van der Waals surface area contributed by atoms with Crippen molar-refractivity contribution in [3.05, 3.63) is 18.2 Å². The zero-order valence-corrected chi connectivity index (χ0v) is 19.3. The van der Waals surface area contributed by atoms with Crippen molar-refractivity contribution in [2.45, 2.75) is 117 Å². The van der Waals surface area contributed by atoms with Crippen LogP contribution < -0.4 is 4.74 Å². The van der Waals surface area contributed by atoms with Gasteiger partial charge >= 0.3 is 5.97 Å². The van der Waals surface area contributed by atoms with E-state index in [9.17, 15) is 15.0 Å². The summed E-state index contributed by atoms with van der Waals surface area (Å²) in [4.78, 5) is 12.0. The topological polar surface area (TPSA) is 66.8 Å². The van der Waals surface area contributed by atoms with Gasteiger partial charge in [0.15, 0.2) is 11.5 Å². The molecular formula is C26H44O4. The van der Waals surface area contributed by atoms with E-state index >= 15 is 0 Å². The van der Waals surface area contributed by atoms with Crippen LogP contribution in [0.5, 0.6) is 17.2 Å². The molecule has 4 nitrogen and oxygen atoms in total. The highest BCUT2D eigenvalue weighted by Gasteiger charge is 2.12. The van der Waals surface area contributed by atoms with Crippen LogP contribution in [0.4, 0.5) is 0 Å². The molecule has 2 N–H and O–H groups in total. The van der Waals surface area contributed by atoms with Gasteiger partial charge in [-0.1, -0.05) is 104 Å². The third kappa shape index (κ3) is 12.8. The number of benzene rings is 1. The van der Waals surface area contributed by atoms with Crippen LogP contribution in [0.25, 0.3) is 0 Å². The molecule has 172 valence electrons. The predicted octanol–water partition coefficient (Wildman–Crippen LogP) is 7.90. The number of phenolic OH excluding ortho intramolecular Hbond substituents is 2. The van der Waals surface area contributed by atoms with Crippen LogP contribution >= 0.6 is 0 Å². The minimum absolute atomic E-state index is 0.219. The highest BCUT2D eigenvalue weighted by molar-refractivity contribution is 5.72. The van der Waals surface area contributed by atoms with E-state index < -0.39 is 0 Å². The van der Waals surface area contributed by atoms with E-state index in [0.29, 0.717) is 12.3 Å².